The van der Waals surface area contributed by atoms with Crippen molar-refractivity contribution in [3.8, 4) is 17.2 Å². The van der Waals surface area contributed by atoms with Crippen LogP contribution >= 0.6 is 15.9 Å². The van der Waals surface area contributed by atoms with Crippen LogP contribution in [0.25, 0.3) is 0 Å². The lowest BCUT2D eigenvalue weighted by Crippen LogP contribution is -2.25. The lowest BCUT2D eigenvalue weighted by Gasteiger charge is -2.11. The number of halogens is 1. The maximum absolute atomic E-state index is 11.9. The summed E-state index contributed by atoms with van der Waals surface area (Å²) in [6, 6.07) is 5.41. The van der Waals surface area contributed by atoms with Crippen molar-refractivity contribution >= 4 is 28.1 Å². The van der Waals surface area contributed by atoms with Gasteiger partial charge < -0.3 is 14.9 Å². The molecule has 0 saturated carbocycles. The third-order valence-corrected chi connectivity index (χ3v) is 4.47. The summed E-state index contributed by atoms with van der Waals surface area (Å²) in [7, 11) is 0. The summed E-state index contributed by atoms with van der Waals surface area (Å²) < 4.78 is 6.34. The van der Waals surface area contributed by atoms with Crippen molar-refractivity contribution in [2.75, 3.05) is 6.61 Å². The van der Waals surface area contributed by atoms with Crippen molar-refractivity contribution < 1.29 is 19.7 Å². The van der Waals surface area contributed by atoms with Gasteiger partial charge in [-0.05, 0) is 72.4 Å². The Hall–Kier alpha value is -2.54. The number of phenols is 2. The lowest BCUT2D eigenvalue weighted by atomic mass is 10.0. The van der Waals surface area contributed by atoms with E-state index in [0.717, 1.165) is 15.6 Å². The summed E-state index contributed by atoms with van der Waals surface area (Å²) >= 11 is 3.43. The molecule has 26 heavy (non-hydrogen) atoms. The molecule has 7 heteroatoms. The molecule has 0 fully saturated rings. The molecule has 6 nitrogen and oxygen atoms in total. The molecular formula is C19H21BrN2O4. The third kappa shape index (κ3) is 4.54. The molecule has 0 atom stereocenters. The first-order valence-corrected chi connectivity index (χ1v) is 8.73. The van der Waals surface area contributed by atoms with Gasteiger partial charge in [-0.2, -0.15) is 5.10 Å². The zero-order valence-electron chi connectivity index (χ0n) is 15.1. The van der Waals surface area contributed by atoms with E-state index in [-0.39, 0.29) is 18.1 Å². The highest BCUT2D eigenvalue weighted by atomic mass is 79.9. The molecule has 0 aliphatic heterocycles. The summed E-state index contributed by atoms with van der Waals surface area (Å²) in [5, 5.41) is 23.6. The normalized spacial score (nSPS) is 11.0. The van der Waals surface area contributed by atoms with Crippen LogP contribution in [0.5, 0.6) is 17.2 Å². The van der Waals surface area contributed by atoms with Gasteiger partial charge in [-0.1, -0.05) is 6.07 Å². The van der Waals surface area contributed by atoms with Crippen LogP contribution in [0.1, 0.15) is 27.8 Å². The van der Waals surface area contributed by atoms with Crippen LogP contribution in [-0.2, 0) is 4.79 Å². The van der Waals surface area contributed by atoms with Crippen LogP contribution < -0.4 is 10.2 Å². The Morgan fingerprint density at radius 1 is 1.19 bits per heavy atom. The number of carbonyl (C=O) groups excluding carboxylic acids is 1. The van der Waals surface area contributed by atoms with E-state index in [9.17, 15) is 15.0 Å². The predicted octanol–water partition coefficient (Wildman–Crippen LogP) is 3.62. The number of ether oxygens (including phenoxy) is 1. The molecule has 138 valence electrons. The summed E-state index contributed by atoms with van der Waals surface area (Å²) in [5.41, 5.74) is 5.79. The summed E-state index contributed by atoms with van der Waals surface area (Å²) in [4.78, 5) is 11.9. The number of nitrogens with one attached hydrogen (secondary N) is 1. The first-order chi connectivity index (χ1) is 12.2. The Morgan fingerprint density at radius 3 is 2.54 bits per heavy atom. The molecule has 2 aromatic rings. The largest absolute Gasteiger partial charge is 0.508 e. The molecule has 0 saturated heterocycles. The molecule has 0 aliphatic rings. The van der Waals surface area contributed by atoms with Gasteiger partial charge in [0.15, 0.2) is 6.61 Å². The van der Waals surface area contributed by atoms with Gasteiger partial charge in [0, 0.05) is 11.1 Å². The first-order valence-electron chi connectivity index (χ1n) is 7.94. The SMILES string of the molecule is Cc1cc(C)c(OCC(=O)NN=Cc2c(C)cc(O)c(C)c2O)c(Br)c1. The zero-order chi connectivity index (χ0) is 19.4. The number of nitrogens with zero attached hydrogens (tertiary/aromatic N) is 1. The maximum atomic E-state index is 11.9. The van der Waals surface area contributed by atoms with Gasteiger partial charge in [-0.3, -0.25) is 4.79 Å². The fraction of sp³-hybridized carbons (Fsp3) is 0.263. The average molecular weight is 421 g/mol. The van der Waals surface area contributed by atoms with E-state index in [1.807, 2.05) is 26.0 Å². The third-order valence-electron chi connectivity index (χ3n) is 3.88. The number of carbonyl (C=O) groups is 1. The number of hydrazone groups is 1. The minimum absolute atomic E-state index is 0.00799. The molecule has 0 spiro atoms. The molecule has 1 amide bonds. The summed E-state index contributed by atoms with van der Waals surface area (Å²) in [5.74, 6) is 0.114. The second kappa shape index (κ2) is 8.23. The lowest BCUT2D eigenvalue weighted by molar-refractivity contribution is -0.123. The number of amides is 1. The van der Waals surface area contributed by atoms with Crippen LogP contribution in [0, 0.1) is 27.7 Å². The van der Waals surface area contributed by atoms with Crippen LogP contribution in [0.4, 0.5) is 0 Å². The van der Waals surface area contributed by atoms with Crippen molar-refractivity contribution in [3.63, 3.8) is 0 Å². The van der Waals surface area contributed by atoms with Crippen LogP contribution in [0.15, 0.2) is 27.8 Å². The molecule has 0 aliphatic carbocycles. The number of hydrogen-bond acceptors (Lipinski definition) is 5. The van der Waals surface area contributed by atoms with Gasteiger partial charge >= 0.3 is 0 Å². The molecule has 0 heterocycles. The zero-order valence-corrected chi connectivity index (χ0v) is 16.6. The van der Waals surface area contributed by atoms with Gasteiger partial charge in [-0.15, -0.1) is 0 Å². The molecule has 3 N–H and O–H groups in total. The van der Waals surface area contributed by atoms with E-state index in [1.165, 1.54) is 12.3 Å². The molecule has 0 aromatic heterocycles. The monoisotopic (exact) mass is 420 g/mol. The van der Waals surface area contributed by atoms with Crippen LogP contribution in [0.3, 0.4) is 0 Å². The second-order valence-electron chi connectivity index (χ2n) is 6.07. The van der Waals surface area contributed by atoms with Crippen molar-refractivity contribution in [1.82, 2.24) is 5.43 Å². The number of rotatable bonds is 5. The van der Waals surface area contributed by atoms with Gasteiger partial charge in [0.05, 0.1) is 10.7 Å². The fourth-order valence-electron chi connectivity index (χ4n) is 2.49. The highest BCUT2D eigenvalue weighted by Gasteiger charge is 2.11. The minimum atomic E-state index is -0.430. The van der Waals surface area contributed by atoms with Crippen LogP contribution in [-0.4, -0.2) is 28.9 Å². The summed E-state index contributed by atoms with van der Waals surface area (Å²) in [6.07, 6.45) is 1.34. The second-order valence-corrected chi connectivity index (χ2v) is 6.93. The van der Waals surface area contributed by atoms with E-state index in [4.69, 9.17) is 4.74 Å². The minimum Gasteiger partial charge on any atom is -0.508 e. The Morgan fingerprint density at radius 2 is 1.88 bits per heavy atom. The first kappa shape index (κ1) is 19.8. The average Bonchev–Trinajstić information content (AvgIpc) is 2.55. The van der Waals surface area contributed by atoms with Crippen molar-refractivity contribution in [3.05, 3.63) is 50.5 Å². The smallest absolute Gasteiger partial charge is 0.277 e. The van der Waals surface area contributed by atoms with Gasteiger partial charge in [0.1, 0.15) is 17.2 Å². The number of benzene rings is 2. The topological polar surface area (TPSA) is 91.2 Å². The van der Waals surface area contributed by atoms with E-state index < -0.39 is 5.91 Å². The Balaban J connectivity index is 2.00. The highest BCUT2D eigenvalue weighted by molar-refractivity contribution is 9.10. The number of aryl methyl sites for hydroxylation is 3. The number of hydrogen-bond donors (Lipinski definition) is 3. The standard InChI is InChI=1S/C19H21BrN2O4/c1-10-5-12(3)19(15(20)6-10)26-9-17(24)22-21-8-14-11(2)7-16(23)13(4)18(14)25/h5-8,23,25H,9H2,1-4H3,(H,22,24). The molecule has 2 aromatic carbocycles. The fourth-order valence-corrected chi connectivity index (χ4v) is 3.28. The van der Waals surface area contributed by atoms with Crippen molar-refractivity contribution in [2.24, 2.45) is 5.10 Å². The number of aromatic hydroxyl groups is 2. The van der Waals surface area contributed by atoms with Gasteiger partial charge in [-0.25, -0.2) is 5.43 Å². The molecule has 0 radical (unpaired) electrons. The van der Waals surface area contributed by atoms with E-state index >= 15 is 0 Å². The Labute approximate surface area is 160 Å². The Kier molecular flexibility index (Phi) is 6.26. The van der Waals surface area contributed by atoms with Crippen LogP contribution in [0.2, 0.25) is 0 Å². The highest BCUT2D eigenvalue weighted by Crippen LogP contribution is 2.31. The predicted molar refractivity (Wildman–Crippen MR) is 104 cm³/mol. The van der Waals surface area contributed by atoms with Gasteiger partial charge in [0.2, 0.25) is 0 Å². The summed E-state index contributed by atoms with van der Waals surface area (Å²) in [6.45, 7) is 7.01. The van der Waals surface area contributed by atoms with Crippen molar-refractivity contribution in [1.29, 1.82) is 0 Å². The molecule has 0 unspecified atom stereocenters. The van der Waals surface area contributed by atoms with E-state index in [0.29, 0.717) is 22.4 Å². The molecular weight excluding hydrogens is 400 g/mol. The molecule has 0 bridgehead atoms. The molecule has 2 rings (SSSR count). The van der Waals surface area contributed by atoms with E-state index in [1.54, 1.807) is 13.8 Å². The quantitative estimate of drug-likeness (QED) is 0.508. The van der Waals surface area contributed by atoms with E-state index in [2.05, 4.69) is 26.5 Å². The number of phenolic OH excluding ortho intramolecular Hbond substituents is 2. The van der Waals surface area contributed by atoms with Crippen molar-refractivity contribution in [2.45, 2.75) is 27.7 Å². The van der Waals surface area contributed by atoms with Gasteiger partial charge in [0.25, 0.3) is 5.91 Å². The maximum Gasteiger partial charge on any atom is 0.277 e. The Bertz CT molecular complexity index is 855.